The van der Waals surface area contributed by atoms with Crippen molar-refractivity contribution in [1.82, 2.24) is 4.90 Å². The van der Waals surface area contributed by atoms with Crippen molar-refractivity contribution in [2.75, 3.05) is 19.7 Å². The Labute approximate surface area is 116 Å². The van der Waals surface area contributed by atoms with Crippen LogP contribution >= 0.6 is 11.3 Å². The first-order chi connectivity index (χ1) is 9.22. The zero-order valence-electron chi connectivity index (χ0n) is 10.7. The Hall–Kier alpha value is -1.62. The first-order valence-corrected chi connectivity index (χ1v) is 7.20. The lowest BCUT2D eigenvalue weighted by molar-refractivity contribution is -0.148. The second-order valence-corrected chi connectivity index (χ2v) is 5.41. The van der Waals surface area contributed by atoms with E-state index in [0.717, 1.165) is 4.88 Å². The van der Waals surface area contributed by atoms with Gasteiger partial charge in [-0.2, -0.15) is 0 Å². The van der Waals surface area contributed by atoms with Gasteiger partial charge in [-0.1, -0.05) is 18.7 Å². The third-order valence-electron chi connectivity index (χ3n) is 3.19. The lowest BCUT2D eigenvalue weighted by Gasteiger charge is -2.30. The zero-order chi connectivity index (χ0) is 13.7. The van der Waals surface area contributed by atoms with Gasteiger partial charge < -0.3 is 9.64 Å². The molecule has 0 bridgehead atoms. The van der Waals surface area contributed by atoms with Crippen LogP contribution in [0.1, 0.15) is 22.5 Å². The summed E-state index contributed by atoms with van der Waals surface area (Å²) >= 11 is 1.45. The second kappa shape index (κ2) is 6.52. The molecule has 0 N–H and O–H groups in total. The van der Waals surface area contributed by atoms with Crippen LogP contribution in [-0.4, -0.2) is 36.5 Å². The third-order valence-corrected chi connectivity index (χ3v) is 4.05. The summed E-state index contributed by atoms with van der Waals surface area (Å²) in [6.45, 7) is 5.00. The average Bonchev–Trinajstić information content (AvgIpc) is 2.98. The molecule has 1 aromatic rings. The van der Waals surface area contributed by atoms with Crippen molar-refractivity contribution in [3.8, 4) is 0 Å². The SMILES string of the molecule is C=CCOC(=O)C1CCN(C(=O)c2cccs2)CC1. The summed E-state index contributed by atoms with van der Waals surface area (Å²) in [6, 6.07) is 3.70. The molecule has 0 spiro atoms. The number of rotatable bonds is 4. The standard InChI is InChI=1S/C14H17NO3S/c1-2-9-18-14(17)11-5-7-15(8-6-11)13(16)12-4-3-10-19-12/h2-4,10-11H,1,5-9H2. The molecule has 4 nitrogen and oxygen atoms in total. The molecule has 0 atom stereocenters. The molecule has 1 aromatic heterocycles. The van der Waals surface area contributed by atoms with Crippen LogP contribution in [0.5, 0.6) is 0 Å². The van der Waals surface area contributed by atoms with E-state index in [1.807, 2.05) is 22.4 Å². The molecule has 0 unspecified atom stereocenters. The third kappa shape index (κ3) is 3.44. The van der Waals surface area contributed by atoms with Gasteiger partial charge in [-0.15, -0.1) is 11.3 Å². The average molecular weight is 279 g/mol. The van der Waals surface area contributed by atoms with Crippen LogP contribution in [-0.2, 0) is 9.53 Å². The van der Waals surface area contributed by atoms with Crippen molar-refractivity contribution >= 4 is 23.2 Å². The predicted octanol–water partition coefficient (Wildman–Crippen LogP) is 2.33. The van der Waals surface area contributed by atoms with E-state index < -0.39 is 0 Å². The van der Waals surface area contributed by atoms with E-state index in [1.165, 1.54) is 11.3 Å². The number of carbonyl (C=O) groups is 2. The first kappa shape index (κ1) is 13.8. The highest BCUT2D eigenvalue weighted by Gasteiger charge is 2.28. The monoisotopic (exact) mass is 279 g/mol. The Balaban J connectivity index is 1.84. The van der Waals surface area contributed by atoms with Gasteiger partial charge in [0, 0.05) is 13.1 Å². The Morgan fingerprint density at radius 3 is 2.79 bits per heavy atom. The van der Waals surface area contributed by atoms with Crippen LogP contribution in [0, 0.1) is 5.92 Å². The molecule has 0 saturated carbocycles. The van der Waals surface area contributed by atoms with E-state index in [2.05, 4.69) is 6.58 Å². The van der Waals surface area contributed by atoms with Crippen LogP contribution in [0.4, 0.5) is 0 Å². The maximum Gasteiger partial charge on any atom is 0.309 e. The predicted molar refractivity (Wildman–Crippen MR) is 74.1 cm³/mol. The van der Waals surface area contributed by atoms with Gasteiger partial charge >= 0.3 is 5.97 Å². The smallest absolute Gasteiger partial charge is 0.309 e. The summed E-state index contributed by atoms with van der Waals surface area (Å²) < 4.78 is 5.04. The van der Waals surface area contributed by atoms with E-state index in [9.17, 15) is 9.59 Å². The first-order valence-electron chi connectivity index (χ1n) is 6.32. The topological polar surface area (TPSA) is 46.6 Å². The zero-order valence-corrected chi connectivity index (χ0v) is 11.5. The van der Waals surface area contributed by atoms with Gasteiger partial charge in [0.1, 0.15) is 6.61 Å². The van der Waals surface area contributed by atoms with Crippen LogP contribution in [0.15, 0.2) is 30.2 Å². The summed E-state index contributed by atoms with van der Waals surface area (Å²) in [7, 11) is 0. The molecule has 1 fully saturated rings. The normalized spacial score (nSPS) is 16.1. The lowest BCUT2D eigenvalue weighted by Crippen LogP contribution is -2.40. The fraction of sp³-hybridized carbons (Fsp3) is 0.429. The molecule has 5 heteroatoms. The Morgan fingerprint density at radius 1 is 1.47 bits per heavy atom. The number of piperidine rings is 1. The summed E-state index contributed by atoms with van der Waals surface area (Å²) in [4.78, 5) is 26.4. The van der Waals surface area contributed by atoms with Crippen molar-refractivity contribution in [3.63, 3.8) is 0 Å². The van der Waals surface area contributed by atoms with Gasteiger partial charge in [-0.05, 0) is 24.3 Å². The molecule has 0 radical (unpaired) electrons. The van der Waals surface area contributed by atoms with Crippen LogP contribution < -0.4 is 0 Å². The van der Waals surface area contributed by atoms with Gasteiger partial charge in [0.25, 0.3) is 5.91 Å². The van der Waals surface area contributed by atoms with Gasteiger partial charge in [0.2, 0.25) is 0 Å². The Kier molecular flexibility index (Phi) is 4.74. The number of thiophene rings is 1. The van der Waals surface area contributed by atoms with Crippen LogP contribution in [0.25, 0.3) is 0 Å². The highest BCUT2D eigenvalue weighted by atomic mass is 32.1. The van der Waals surface area contributed by atoms with E-state index >= 15 is 0 Å². The number of carbonyl (C=O) groups excluding carboxylic acids is 2. The van der Waals surface area contributed by atoms with Gasteiger partial charge in [-0.3, -0.25) is 9.59 Å². The second-order valence-electron chi connectivity index (χ2n) is 4.46. The Bertz CT molecular complexity index is 447. The molecule has 1 aliphatic heterocycles. The van der Waals surface area contributed by atoms with E-state index in [-0.39, 0.29) is 24.4 Å². The molecule has 0 aromatic carbocycles. The molecule has 0 aliphatic carbocycles. The number of hydrogen-bond acceptors (Lipinski definition) is 4. The number of esters is 1. The van der Waals surface area contributed by atoms with Crippen molar-refractivity contribution in [2.45, 2.75) is 12.8 Å². The van der Waals surface area contributed by atoms with E-state index in [1.54, 1.807) is 6.08 Å². The molecule has 2 heterocycles. The lowest BCUT2D eigenvalue weighted by atomic mass is 9.97. The van der Waals surface area contributed by atoms with Crippen molar-refractivity contribution in [3.05, 3.63) is 35.0 Å². The quantitative estimate of drug-likeness (QED) is 0.628. The highest BCUT2D eigenvalue weighted by Crippen LogP contribution is 2.21. The molecular formula is C14H17NO3S. The minimum atomic E-state index is -0.178. The van der Waals surface area contributed by atoms with Gasteiger partial charge in [0.05, 0.1) is 10.8 Å². The molecule has 1 aliphatic rings. The number of hydrogen-bond donors (Lipinski definition) is 0. The summed E-state index contributed by atoms with van der Waals surface area (Å²) in [5.41, 5.74) is 0. The van der Waals surface area contributed by atoms with Crippen LogP contribution in [0.3, 0.4) is 0 Å². The fourth-order valence-corrected chi connectivity index (χ4v) is 2.82. The summed E-state index contributed by atoms with van der Waals surface area (Å²) in [6.07, 6.45) is 2.91. The summed E-state index contributed by atoms with van der Waals surface area (Å²) in [5.74, 6) is -0.205. The van der Waals surface area contributed by atoms with Gasteiger partial charge in [-0.25, -0.2) is 0 Å². The molecular weight excluding hydrogens is 262 g/mol. The van der Waals surface area contributed by atoms with E-state index in [4.69, 9.17) is 4.74 Å². The molecule has 19 heavy (non-hydrogen) atoms. The van der Waals surface area contributed by atoms with E-state index in [0.29, 0.717) is 25.9 Å². The van der Waals surface area contributed by atoms with Gasteiger partial charge in [0.15, 0.2) is 0 Å². The molecule has 2 rings (SSSR count). The largest absolute Gasteiger partial charge is 0.461 e. The fourth-order valence-electron chi connectivity index (χ4n) is 2.13. The molecule has 102 valence electrons. The van der Waals surface area contributed by atoms with Crippen molar-refractivity contribution in [2.24, 2.45) is 5.92 Å². The highest BCUT2D eigenvalue weighted by molar-refractivity contribution is 7.12. The Morgan fingerprint density at radius 2 is 2.21 bits per heavy atom. The number of amides is 1. The molecule has 1 amide bonds. The number of ether oxygens (including phenoxy) is 1. The van der Waals surface area contributed by atoms with Crippen molar-refractivity contribution in [1.29, 1.82) is 0 Å². The number of likely N-dealkylation sites (tertiary alicyclic amines) is 1. The molecule has 1 saturated heterocycles. The summed E-state index contributed by atoms with van der Waals surface area (Å²) in [5, 5.41) is 1.90. The maximum absolute atomic E-state index is 12.1. The minimum absolute atomic E-state index is 0.0629. The maximum atomic E-state index is 12.1. The van der Waals surface area contributed by atoms with Crippen molar-refractivity contribution < 1.29 is 14.3 Å². The van der Waals surface area contributed by atoms with Crippen LogP contribution in [0.2, 0.25) is 0 Å². The number of nitrogens with zero attached hydrogens (tertiary/aromatic N) is 1. The minimum Gasteiger partial charge on any atom is -0.461 e.